The zero-order valence-electron chi connectivity index (χ0n) is 9.09. The number of benzene rings is 1. The van der Waals surface area contributed by atoms with Gasteiger partial charge in [0.15, 0.2) is 0 Å². The number of likely N-dealkylation sites (N-methyl/N-ethyl adjacent to an activating group) is 1. The summed E-state index contributed by atoms with van der Waals surface area (Å²) in [6, 6.07) is 4.64. The second kappa shape index (κ2) is 7.76. The molecule has 0 spiro atoms. The number of rotatable bonds is 2. The number of hydrogen-bond acceptors (Lipinski definition) is 3. The normalized spacial score (nSPS) is 11.1. The lowest BCUT2D eigenvalue weighted by molar-refractivity contribution is -0.141. The minimum absolute atomic E-state index is 0.340. The summed E-state index contributed by atoms with van der Waals surface area (Å²) in [6.45, 7) is 3.44. The average Bonchev–Trinajstić information content (AvgIpc) is 2.31. The molecule has 0 saturated carbocycles. The summed E-state index contributed by atoms with van der Waals surface area (Å²) in [6.07, 6.45) is 0. The third-order valence-corrected chi connectivity index (χ3v) is 1.57. The maximum Gasteiger partial charge on any atom is 0.322 e. The first-order chi connectivity index (χ1) is 7.51. The summed E-state index contributed by atoms with van der Waals surface area (Å²) < 4.78 is 28.1. The fourth-order valence-corrected chi connectivity index (χ4v) is 0.647. The quantitative estimate of drug-likeness (QED) is 0.778. The third kappa shape index (κ3) is 6.08. The van der Waals surface area contributed by atoms with Gasteiger partial charge in [-0.25, -0.2) is 8.78 Å². The number of carbonyl (C=O) groups is 1. The van der Waals surface area contributed by atoms with Crippen LogP contribution >= 0.6 is 0 Å². The van der Waals surface area contributed by atoms with E-state index in [4.69, 9.17) is 0 Å². The highest BCUT2D eigenvalue weighted by atomic mass is 19.1. The van der Waals surface area contributed by atoms with Crippen molar-refractivity contribution in [1.29, 1.82) is 0 Å². The molecule has 0 aliphatic heterocycles. The second-order valence-corrected chi connectivity index (χ2v) is 2.72. The summed E-state index contributed by atoms with van der Waals surface area (Å²) in [5.41, 5.74) is 0. The van der Waals surface area contributed by atoms with Gasteiger partial charge in [-0.1, -0.05) is 0 Å². The van der Waals surface area contributed by atoms with Crippen molar-refractivity contribution in [2.45, 2.75) is 6.04 Å². The van der Waals surface area contributed by atoms with Crippen LogP contribution in [0, 0.1) is 24.6 Å². The molecule has 0 fully saturated rings. The molecule has 0 saturated heterocycles. The first kappa shape index (κ1) is 14.5. The molecule has 2 radical (unpaired) electrons. The summed E-state index contributed by atoms with van der Waals surface area (Å²) in [5.74, 6) is -1.34. The van der Waals surface area contributed by atoms with E-state index in [0.717, 1.165) is 18.2 Å². The molecule has 1 rings (SSSR count). The van der Waals surface area contributed by atoms with Crippen LogP contribution in [0.15, 0.2) is 18.2 Å². The van der Waals surface area contributed by atoms with Gasteiger partial charge in [-0.05, 0) is 32.2 Å². The summed E-state index contributed by atoms with van der Waals surface area (Å²) >= 11 is 0. The van der Waals surface area contributed by atoms with Gasteiger partial charge in [-0.2, -0.15) is 0 Å². The Morgan fingerprint density at radius 1 is 1.56 bits per heavy atom. The Morgan fingerprint density at radius 3 is 2.44 bits per heavy atom. The Labute approximate surface area is 93.4 Å². The molecule has 1 aromatic carbocycles. The largest absolute Gasteiger partial charge is 0.468 e. The van der Waals surface area contributed by atoms with Gasteiger partial charge < -0.3 is 10.1 Å². The number of methoxy groups -OCH3 is 1. The molecule has 1 N–H and O–H groups in total. The molecule has 5 heteroatoms. The van der Waals surface area contributed by atoms with Crippen molar-refractivity contribution < 1.29 is 18.3 Å². The van der Waals surface area contributed by atoms with Crippen LogP contribution in [0.5, 0.6) is 0 Å². The number of halogens is 2. The molecular weight excluding hydrogens is 216 g/mol. The van der Waals surface area contributed by atoms with Crippen molar-refractivity contribution >= 4 is 5.97 Å². The average molecular weight is 229 g/mol. The predicted octanol–water partition coefficient (Wildman–Crippen LogP) is 1.35. The van der Waals surface area contributed by atoms with Crippen molar-refractivity contribution in [2.75, 3.05) is 14.2 Å². The SMILES string of the molecule is Fc1[c]cc(F)cc1.[CH2][C@@H](NC)C(=O)OC. The highest BCUT2D eigenvalue weighted by molar-refractivity contribution is 5.76. The predicted molar refractivity (Wildman–Crippen MR) is 55.4 cm³/mol. The van der Waals surface area contributed by atoms with Gasteiger partial charge in [0.1, 0.15) is 17.7 Å². The van der Waals surface area contributed by atoms with Gasteiger partial charge in [0, 0.05) is 6.07 Å². The van der Waals surface area contributed by atoms with Crippen molar-refractivity contribution in [2.24, 2.45) is 0 Å². The highest BCUT2D eigenvalue weighted by Gasteiger charge is 2.07. The minimum Gasteiger partial charge on any atom is -0.468 e. The molecule has 0 aromatic heterocycles. The van der Waals surface area contributed by atoms with Crippen molar-refractivity contribution in [1.82, 2.24) is 5.32 Å². The maximum absolute atomic E-state index is 11.9. The molecule has 0 bridgehead atoms. The molecule has 0 aliphatic rings. The molecule has 0 heterocycles. The van der Waals surface area contributed by atoms with E-state index in [0.29, 0.717) is 0 Å². The van der Waals surface area contributed by atoms with Crippen LogP contribution < -0.4 is 5.32 Å². The van der Waals surface area contributed by atoms with Crippen molar-refractivity contribution in [3.05, 3.63) is 42.8 Å². The van der Waals surface area contributed by atoms with E-state index in [9.17, 15) is 13.6 Å². The smallest absolute Gasteiger partial charge is 0.322 e. The van der Waals surface area contributed by atoms with Gasteiger partial charge in [0.25, 0.3) is 0 Å². The number of nitrogens with one attached hydrogen (secondary N) is 1. The summed E-state index contributed by atoms with van der Waals surface area (Å²) in [7, 11) is 2.98. The Morgan fingerprint density at radius 2 is 2.19 bits per heavy atom. The molecule has 88 valence electrons. The van der Waals surface area contributed by atoms with Crippen LogP contribution in [-0.2, 0) is 9.53 Å². The van der Waals surface area contributed by atoms with E-state index in [2.05, 4.69) is 23.0 Å². The van der Waals surface area contributed by atoms with Crippen LogP contribution in [0.25, 0.3) is 0 Å². The zero-order valence-corrected chi connectivity index (χ0v) is 9.09. The van der Waals surface area contributed by atoms with E-state index in [1.165, 1.54) is 7.11 Å². The first-order valence-corrected chi connectivity index (χ1v) is 4.42. The Balaban J connectivity index is 0.000000281. The van der Waals surface area contributed by atoms with Gasteiger partial charge in [-0.15, -0.1) is 0 Å². The van der Waals surface area contributed by atoms with E-state index >= 15 is 0 Å². The van der Waals surface area contributed by atoms with Gasteiger partial charge in [0.2, 0.25) is 0 Å². The number of esters is 1. The Bertz CT molecular complexity index is 293. The lowest BCUT2D eigenvalue weighted by atomic mass is 10.3. The van der Waals surface area contributed by atoms with Crippen molar-refractivity contribution in [3.8, 4) is 0 Å². The van der Waals surface area contributed by atoms with E-state index in [1.807, 2.05) is 0 Å². The second-order valence-electron chi connectivity index (χ2n) is 2.72. The highest BCUT2D eigenvalue weighted by Crippen LogP contribution is 1.97. The Kier molecular flexibility index (Phi) is 7.03. The number of hydrogen-bond donors (Lipinski definition) is 1. The standard InChI is InChI=1S/C6H3F2.C5H10NO2/c7-5-1-2-6(8)4-3-5;1-4(6-2)5(7)8-3/h1-3H;4,6H,1H2,2-3H3/t;4-/m.1/s1. The van der Waals surface area contributed by atoms with Crippen LogP contribution in [0.1, 0.15) is 0 Å². The summed E-state index contributed by atoms with van der Waals surface area (Å²) in [4.78, 5) is 10.4. The molecule has 3 nitrogen and oxygen atoms in total. The minimum atomic E-state index is -0.536. The zero-order chi connectivity index (χ0) is 12.6. The first-order valence-electron chi connectivity index (χ1n) is 4.42. The van der Waals surface area contributed by atoms with Gasteiger partial charge >= 0.3 is 5.97 Å². The monoisotopic (exact) mass is 229 g/mol. The molecule has 1 aromatic rings. The molecule has 0 amide bonds. The Hall–Kier alpha value is -1.49. The number of carbonyl (C=O) groups excluding carboxylic acids is 1. The number of ether oxygens (including phenoxy) is 1. The van der Waals surface area contributed by atoms with Gasteiger partial charge in [-0.3, -0.25) is 4.79 Å². The van der Waals surface area contributed by atoms with Crippen molar-refractivity contribution in [3.63, 3.8) is 0 Å². The van der Waals surface area contributed by atoms with Crippen LogP contribution in [0.3, 0.4) is 0 Å². The topological polar surface area (TPSA) is 38.3 Å². The molecular formula is C11H13F2NO2. The van der Waals surface area contributed by atoms with Crippen LogP contribution in [-0.4, -0.2) is 26.2 Å². The maximum atomic E-state index is 11.9. The molecule has 0 aliphatic carbocycles. The molecule has 1 atom stereocenters. The fourth-order valence-electron chi connectivity index (χ4n) is 0.647. The lowest BCUT2D eigenvalue weighted by Gasteiger charge is -2.04. The van der Waals surface area contributed by atoms with E-state index < -0.39 is 17.7 Å². The third-order valence-electron chi connectivity index (χ3n) is 1.57. The lowest BCUT2D eigenvalue weighted by Crippen LogP contribution is -2.31. The van der Waals surface area contributed by atoms with Gasteiger partial charge in [0.05, 0.1) is 7.11 Å². The van der Waals surface area contributed by atoms with Crippen LogP contribution in [0.4, 0.5) is 8.78 Å². The summed E-state index contributed by atoms with van der Waals surface area (Å²) in [5, 5.41) is 2.63. The van der Waals surface area contributed by atoms with Crippen LogP contribution in [0.2, 0.25) is 0 Å². The molecule has 0 unspecified atom stereocenters. The molecule has 16 heavy (non-hydrogen) atoms. The van der Waals surface area contributed by atoms with E-state index in [-0.39, 0.29) is 5.97 Å². The fraction of sp³-hybridized carbons (Fsp3) is 0.273. The van der Waals surface area contributed by atoms with E-state index in [1.54, 1.807) is 7.05 Å².